The molecule has 4 N–H and O–H groups in total. The summed E-state index contributed by atoms with van der Waals surface area (Å²) in [5.74, 6) is 0. The molecule has 0 rings (SSSR count). The number of nitrogens with two attached hydrogens (primary N) is 1. The van der Waals surface area contributed by atoms with Gasteiger partial charge in [-0.3, -0.25) is 0 Å². The fourth-order valence-corrected chi connectivity index (χ4v) is 1.15. The Morgan fingerprint density at radius 1 is 1.67 bits per heavy atom. The van der Waals surface area contributed by atoms with Crippen molar-refractivity contribution in [2.75, 3.05) is 6.61 Å². The highest BCUT2D eigenvalue weighted by Gasteiger charge is 1.95. The minimum absolute atomic E-state index is 0. The molecular weight excluding hydrogens is 134 g/mol. The van der Waals surface area contributed by atoms with Gasteiger partial charge in [0.25, 0.3) is 0 Å². The summed E-state index contributed by atoms with van der Waals surface area (Å²) in [6.45, 7) is 2.70. The van der Waals surface area contributed by atoms with Gasteiger partial charge >= 0.3 is 0 Å². The molecule has 0 fully saturated rings. The molecule has 1 unspecified atom stereocenters. The summed E-state index contributed by atoms with van der Waals surface area (Å²) in [4.78, 5) is 0. The summed E-state index contributed by atoms with van der Waals surface area (Å²) in [6, 6.07) is 1.24. The number of ether oxygens (including phenoxy) is 1. The lowest BCUT2D eigenvalue weighted by Crippen LogP contribution is -2.23. The van der Waals surface area contributed by atoms with E-state index < -0.39 is 0 Å². The molecule has 0 amide bonds. The van der Waals surface area contributed by atoms with Crippen LogP contribution in [0.3, 0.4) is 0 Å². The second-order valence-corrected chi connectivity index (χ2v) is 2.78. The number of rotatable bonds is 4. The zero-order valence-corrected chi connectivity index (χ0v) is 8.18. The first kappa shape index (κ1) is 11.8. The van der Waals surface area contributed by atoms with Crippen LogP contribution in [-0.2, 0) is 4.74 Å². The zero-order chi connectivity index (χ0) is 6.41. The van der Waals surface area contributed by atoms with E-state index in [1.54, 1.807) is 0 Å². The first-order valence-corrected chi connectivity index (χ1v) is 4.59. The van der Waals surface area contributed by atoms with Crippen LogP contribution in [0.5, 0.6) is 0 Å². The van der Waals surface area contributed by atoms with E-state index in [0.717, 1.165) is 13.0 Å². The molecule has 0 aliphatic heterocycles. The molecule has 0 heterocycles. The van der Waals surface area contributed by atoms with Crippen LogP contribution in [0.1, 0.15) is 13.3 Å². The molecule has 0 spiro atoms. The van der Waals surface area contributed by atoms with Crippen LogP contribution in [0.2, 0.25) is 6.04 Å². The molecule has 0 aromatic rings. The fraction of sp³-hybridized carbons (Fsp3) is 1.00. The molecule has 3 nitrogen and oxygen atoms in total. The van der Waals surface area contributed by atoms with Gasteiger partial charge in [-0.2, -0.15) is 0 Å². The van der Waals surface area contributed by atoms with Gasteiger partial charge in [0.1, 0.15) is 6.23 Å². The first-order chi connectivity index (χ1) is 3.81. The third kappa shape index (κ3) is 8.10. The Balaban J connectivity index is 0. The van der Waals surface area contributed by atoms with Gasteiger partial charge in [-0.1, -0.05) is 6.04 Å². The molecule has 0 aromatic heterocycles. The SMILES string of the molecule is CCOC(N)CC[SiH3].O. The van der Waals surface area contributed by atoms with Gasteiger partial charge in [-0.15, -0.1) is 0 Å². The standard InChI is InChI=1S/C5H15NOSi.H2O/c1-2-7-5(6)3-4-8;/h5H,2-4,6H2,1,8H3;1H2. The minimum Gasteiger partial charge on any atom is -0.412 e. The van der Waals surface area contributed by atoms with E-state index in [0.29, 0.717) is 0 Å². The van der Waals surface area contributed by atoms with Crippen molar-refractivity contribution < 1.29 is 10.2 Å². The second-order valence-electron chi connectivity index (χ2n) is 1.78. The van der Waals surface area contributed by atoms with Crippen molar-refractivity contribution in [1.82, 2.24) is 0 Å². The number of hydrogen-bond donors (Lipinski definition) is 1. The van der Waals surface area contributed by atoms with E-state index in [9.17, 15) is 0 Å². The van der Waals surface area contributed by atoms with Gasteiger partial charge in [0.2, 0.25) is 0 Å². The van der Waals surface area contributed by atoms with E-state index in [-0.39, 0.29) is 11.7 Å². The molecule has 0 aliphatic carbocycles. The van der Waals surface area contributed by atoms with Crippen LogP contribution in [0.25, 0.3) is 0 Å². The van der Waals surface area contributed by atoms with E-state index >= 15 is 0 Å². The predicted molar refractivity (Wildman–Crippen MR) is 42.6 cm³/mol. The van der Waals surface area contributed by atoms with Crippen molar-refractivity contribution in [1.29, 1.82) is 0 Å². The topological polar surface area (TPSA) is 66.8 Å². The van der Waals surface area contributed by atoms with Crippen molar-refractivity contribution in [3.05, 3.63) is 0 Å². The van der Waals surface area contributed by atoms with Gasteiger partial charge in [0.05, 0.1) is 0 Å². The summed E-state index contributed by atoms with van der Waals surface area (Å²) in [5.41, 5.74) is 5.49. The average molecular weight is 151 g/mol. The highest BCUT2D eigenvalue weighted by Crippen LogP contribution is 1.92. The highest BCUT2D eigenvalue weighted by molar-refractivity contribution is 6.08. The van der Waals surface area contributed by atoms with Crippen LogP contribution >= 0.6 is 0 Å². The van der Waals surface area contributed by atoms with Crippen molar-refractivity contribution in [3.63, 3.8) is 0 Å². The van der Waals surface area contributed by atoms with E-state index in [1.807, 2.05) is 6.92 Å². The van der Waals surface area contributed by atoms with Crippen LogP contribution in [0.15, 0.2) is 0 Å². The third-order valence-electron chi connectivity index (χ3n) is 0.954. The van der Waals surface area contributed by atoms with Crippen LogP contribution in [-0.4, -0.2) is 28.6 Å². The van der Waals surface area contributed by atoms with Gasteiger partial charge in [-0.05, 0) is 13.3 Å². The molecule has 0 saturated carbocycles. The van der Waals surface area contributed by atoms with Crippen molar-refractivity contribution in [2.45, 2.75) is 25.6 Å². The van der Waals surface area contributed by atoms with Crippen LogP contribution in [0.4, 0.5) is 0 Å². The lowest BCUT2D eigenvalue weighted by Gasteiger charge is -2.08. The fourth-order valence-electron chi connectivity index (χ4n) is 0.582. The average Bonchev–Trinajstić information content (AvgIpc) is 1.68. The van der Waals surface area contributed by atoms with Gasteiger partial charge in [0, 0.05) is 16.8 Å². The Bertz CT molecular complexity index is 48.2. The lowest BCUT2D eigenvalue weighted by molar-refractivity contribution is 0.0653. The third-order valence-corrected chi connectivity index (χ3v) is 1.53. The Labute approximate surface area is 59.3 Å². The largest absolute Gasteiger partial charge is 0.412 e. The predicted octanol–water partition coefficient (Wildman–Crippen LogP) is -1.34. The molecule has 0 aromatic carbocycles. The molecule has 9 heavy (non-hydrogen) atoms. The van der Waals surface area contributed by atoms with Gasteiger partial charge in [0.15, 0.2) is 0 Å². The molecule has 58 valence electrons. The maximum Gasteiger partial charge on any atom is 0.105 e. The lowest BCUT2D eigenvalue weighted by atomic mass is 10.4. The molecule has 0 bridgehead atoms. The summed E-state index contributed by atoms with van der Waals surface area (Å²) < 4.78 is 5.08. The van der Waals surface area contributed by atoms with Crippen molar-refractivity contribution in [3.8, 4) is 0 Å². The van der Waals surface area contributed by atoms with Crippen molar-refractivity contribution >= 4 is 10.2 Å². The highest BCUT2D eigenvalue weighted by atomic mass is 28.1. The normalized spacial score (nSPS) is 12.7. The Kier molecular flexibility index (Phi) is 10.7. The minimum atomic E-state index is -0.00231. The maximum atomic E-state index is 5.49. The molecule has 0 radical (unpaired) electrons. The summed E-state index contributed by atoms with van der Waals surface area (Å²) in [6.07, 6.45) is 1.03. The van der Waals surface area contributed by atoms with E-state index in [2.05, 4.69) is 0 Å². The smallest absolute Gasteiger partial charge is 0.105 e. The Hall–Kier alpha value is 0.0969. The maximum absolute atomic E-state index is 5.49. The van der Waals surface area contributed by atoms with Crippen LogP contribution in [0, 0.1) is 0 Å². The molecular formula is C5H17NO2Si. The van der Waals surface area contributed by atoms with Gasteiger partial charge < -0.3 is 15.9 Å². The Morgan fingerprint density at radius 3 is 2.56 bits per heavy atom. The van der Waals surface area contributed by atoms with E-state index in [1.165, 1.54) is 16.3 Å². The molecule has 0 saturated heterocycles. The van der Waals surface area contributed by atoms with E-state index in [4.69, 9.17) is 10.5 Å². The summed E-state index contributed by atoms with van der Waals surface area (Å²) >= 11 is 0. The summed E-state index contributed by atoms with van der Waals surface area (Å²) in [7, 11) is 1.23. The summed E-state index contributed by atoms with van der Waals surface area (Å²) in [5, 5.41) is 0. The van der Waals surface area contributed by atoms with Crippen molar-refractivity contribution in [2.24, 2.45) is 5.73 Å². The van der Waals surface area contributed by atoms with Crippen LogP contribution < -0.4 is 5.73 Å². The zero-order valence-electron chi connectivity index (χ0n) is 6.18. The molecule has 0 aliphatic rings. The Morgan fingerprint density at radius 2 is 2.22 bits per heavy atom. The second kappa shape index (κ2) is 8.10. The quantitative estimate of drug-likeness (QED) is 0.399. The number of hydrogen-bond acceptors (Lipinski definition) is 2. The monoisotopic (exact) mass is 151 g/mol. The molecule has 1 atom stereocenters. The molecule has 4 heteroatoms. The first-order valence-electron chi connectivity index (χ1n) is 3.18. The van der Waals surface area contributed by atoms with Gasteiger partial charge in [-0.25, -0.2) is 0 Å².